The zero-order valence-corrected chi connectivity index (χ0v) is 16.2. The lowest BCUT2D eigenvalue weighted by Crippen LogP contribution is -2.52. The van der Waals surface area contributed by atoms with Gasteiger partial charge in [-0.15, -0.1) is 0 Å². The highest BCUT2D eigenvalue weighted by Crippen LogP contribution is 2.39. The third-order valence-corrected chi connectivity index (χ3v) is 5.36. The topological polar surface area (TPSA) is 52.0 Å². The summed E-state index contributed by atoms with van der Waals surface area (Å²) in [6.45, 7) is 8.87. The highest BCUT2D eigenvalue weighted by atomic mass is 14.9. The van der Waals surface area contributed by atoms with Gasteiger partial charge in [-0.05, 0) is 39.7 Å². The second-order valence-corrected chi connectivity index (χ2v) is 7.90. The van der Waals surface area contributed by atoms with Crippen LogP contribution in [0.4, 0.5) is 0 Å². The van der Waals surface area contributed by atoms with Gasteiger partial charge in [-0.1, -0.05) is 94.5 Å². The number of nitrogens with two attached hydrogens (primary N) is 2. The predicted octanol–water partition coefficient (Wildman–Crippen LogP) is 5.07. The van der Waals surface area contributed by atoms with Crippen molar-refractivity contribution in [3.05, 3.63) is 89.0 Å². The molecule has 2 atom stereocenters. The molecule has 2 aromatic carbocycles. The molecule has 0 bridgehead atoms. The minimum absolute atomic E-state index is 0.278. The molecule has 0 aromatic heterocycles. The number of benzene rings is 2. The minimum Gasteiger partial charge on any atom is -0.322 e. The Morgan fingerprint density at radius 3 is 1.92 bits per heavy atom. The first-order chi connectivity index (χ1) is 12.3. The van der Waals surface area contributed by atoms with E-state index < -0.39 is 5.54 Å². The van der Waals surface area contributed by atoms with Crippen molar-refractivity contribution < 1.29 is 0 Å². The van der Waals surface area contributed by atoms with E-state index >= 15 is 0 Å². The molecule has 0 saturated heterocycles. The molecule has 2 unspecified atom stereocenters. The summed E-state index contributed by atoms with van der Waals surface area (Å²) < 4.78 is 0. The zero-order chi connectivity index (χ0) is 18.9. The van der Waals surface area contributed by atoms with Crippen LogP contribution in [0.15, 0.2) is 66.8 Å². The first-order valence-corrected chi connectivity index (χ1v) is 9.48. The normalized spacial score (nSPS) is 22.8. The van der Waals surface area contributed by atoms with E-state index in [1.165, 1.54) is 22.3 Å². The Morgan fingerprint density at radius 1 is 0.846 bits per heavy atom. The second-order valence-electron chi connectivity index (χ2n) is 7.90. The molecular formula is C24H30N2. The van der Waals surface area contributed by atoms with Crippen LogP contribution < -0.4 is 11.5 Å². The van der Waals surface area contributed by atoms with Gasteiger partial charge in [0.1, 0.15) is 0 Å². The molecule has 3 rings (SSSR count). The summed E-state index contributed by atoms with van der Waals surface area (Å²) in [5.74, 6) is 0.786. The molecule has 26 heavy (non-hydrogen) atoms. The van der Waals surface area contributed by atoms with E-state index in [-0.39, 0.29) is 6.04 Å². The van der Waals surface area contributed by atoms with Crippen molar-refractivity contribution in [1.29, 1.82) is 0 Å². The lowest BCUT2D eigenvalue weighted by molar-refractivity contribution is 0.480. The summed E-state index contributed by atoms with van der Waals surface area (Å²) in [5.41, 5.74) is 19.0. The SMILES string of the molecule is CC(C)c1cccc(C(C)C)c1C1(N)C=CC(c2ccccc2)=CC1N. The van der Waals surface area contributed by atoms with Crippen LogP contribution in [0.25, 0.3) is 5.57 Å². The highest BCUT2D eigenvalue weighted by Gasteiger charge is 2.37. The standard InChI is InChI=1S/C24H30N2/c1-16(2)20-11-8-12-21(17(3)4)23(20)24(26)14-13-19(15-22(24)25)18-9-6-5-7-10-18/h5-17,22H,25-26H2,1-4H3. The van der Waals surface area contributed by atoms with Gasteiger partial charge in [0.05, 0.1) is 5.54 Å². The van der Waals surface area contributed by atoms with Crippen LogP contribution in [-0.2, 0) is 5.54 Å². The van der Waals surface area contributed by atoms with Crippen molar-refractivity contribution in [3.63, 3.8) is 0 Å². The van der Waals surface area contributed by atoms with Crippen LogP contribution in [-0.4, -0.2) is 6.04 Å². The largest absolute Gasteiger partial charge is 0.322 e. The number of rotatable bonds is 4. The third-order valence-electron chi connectivity index (χ3n) is 5.36. The molecule has 0 heterocycles. The van der Waals surface area contributed by atoms with Gasteiger partial charge < -0.3 is 11.5 Å². The molecule has 0 radical (unpaired) electrons. The van der Waals surface area contributed by atoms with E-state index in [4.69, 9.17) is 11.5 Å². The monoisotopic (exact) mass is 346 g/mol. The molecule has 136 valence electrons. The average Bonchev–Trinajstić information content (AvgIpc) is 2.64. The molecule has 2 heteroatoms. The van der Waals surface area contributed by atoms with Gasteiger partial charge in [0.25, 0.3) is 0 Å². The molecule has 0 saturated carbocycles. The number of allylic oxidation sites excluding steroid dienone is 2. The van der Waals surface area contributed by atoms with E-state index in [1.807, 2.05) is 18.2 Å². The first kappa shape index (κ1) is 18.6. The molecule has 1 aliphatic carbocycles. The molecule has 0 amide bonds. The van der Waals surface area contributed by atoms with Gasteiger partial charge in [0, 0.05) is 6.04 Å². The van der Waals surface area contributed by atoms with E-state index in [9.17, 15) is 0 Å². The Bertz CT molecular complexity index is 804. The third kappa shape index (κ3) is 3.27. The van der Waals surface area contributed by atoms with Crippen molar-refractivity contribution >= 4 is 5.57 Å². The quantitative estimate of drug-likeness (QED) is 0.812. The summed E-state index contributed by atoms with van der Waals surface area (Å²) in [6, 6.07) is 16.6. The fraction of sp³-hybridized carbons (Fsp3) is 0.333. The molecule has 4 N–H and O–H groups in total. The van der Waals surface area contributed by atoms with Crippen LogP contribution in [0, 0.1) is 0 Å². The number of hydrogen-bond acceptors (Lipinski definition) is 2. The Balaban J connectivity index is 2.11. The fourth-order valence-electron chi connectivity index (χ4n) is 3.85. The maximum atomic E-state index is 6.99. The van der Waals surface area contributed by atoms with Gasteiger partial charge in [0.15, 0.2) is 0 Å². The summed E-state index contributed by atoms with van der Waals surface area (Å²) in [4.78, 5) is 0. The molecule has 2 aromatic rings. The first-order valence-electron chi connectivity index (χ1n) is 9.48. The van der Waals surface area contributed by atoms with Gasteiger partial charge in [-0.3, -0.25) is 0 Å². The van der Waals surface area contributed by atoms with Crippen molar-refractivity contribution in [2.75, 3.05) is 0 Å². The van der Waals surface area contributed by atoms with E-state index in [2.05, 4.69) is 76.3 Å². The van der Waals surface area contributed by atoms with E-state index in [1.54, 1.807) is 0 Å². The Kier molecular flexibility index (Phi) is 5.17. The lowest BCUT2D eigenvalue weighted by Gasteiger charge is -2.39. The number of hydrogen-bond donors (Lipinski definition) is 2. The van der Waals surface area contributed by atoms with Crippen molar-refractivity contribution in [3.8, 4) is 0 Å². The smallest absolute Gasteiger partial charge is 0.0794 e. The van der Waals surface area contributed by atoms with Gasteiger partial charge in [-0.2, -0.15) is 0 Å². The van der Waals surface area contributed by atoms with Gasteiger partial charge in [-0.25, -0.2) is 0 Å². The maximum absolute atomic E-state index is 6.99. The minimum atomic E-state index is -0.696. The second kappa shape index (κ2) is 7.22. The molecular weight excluding hydrogens is 316 g/mol. The Morgan fingerprint density at radius 2 is 1.42 bits per heavy atom. The van der Waals surface area contributed by atoms with Crippen LogP contribution in [0.5, 0.6) is 0 Å². The molecule has 1 aliphatic rings. The zero-order valence-electron chi connectivity index (χ0n) is 16.2. The van der Waals surface area contributed by atoms with Crippen molar-refractivity contribution in [1.82, 2.24) is 0 Å². The lowest BCUT2D eigenvalue weighted by atomic mass is 9.72. The molecule has 0 fully saturated rings. The Hall–Kier alpha value is -2.16. The van der Waals surface area contributed by atoms with Gasteiger partial charge >= 0.3 is 0 Å². The predicted molar refractivity (Wildman–Crippen MR) is 112 cm³/mol. The van der Waals surface area contributed by atoms with Gasteiger partial charge in [0.2, 0.25) is 0 Å². The molecule has 0 spiro atoms. The molecule has 2 nitrogen and oxygen atoms in total. The highest BCUT2D eigenvalue weighted by molar-refractivity contribution is 5.77. The summed E-state index contributed by atoms with van der Waals surface area (Å²) in [6.07, 6.45) is 6.34. The maximum Gasteiger partial charge on any atom is 0.0794 e. The van der Waals surface area contributed by atoms with E-state index in [0.29, 0.717) is 11.8 Å². The average molecular weight is 347 g/mol. The fourth-order valence-corrected chi connectivity index (χ4v) is 3.85. The summed E-state index contributed by atoms with van der Waals surface area (Å²) >= 11 is 0. The Labute approximate surface area is 157 Å². The van der Waals surface area contributed by atoms with Crippen LogP contribution in [0.3, 0.4) is 0 Å². The van der Waals surface area contributed by atoms with E-state index in [0.717, 1.165) is 5.57 Å². The van der Waals surface area contributed by atoms with Crippen LogP contribution in [0.2, 0.25) is 0 Å². The summed E-state index contributed by atoms with van der Waals surface area (Å²) in [7, 11) is 0. The van der Waals surface area contributed by atoms with Crippen LogP contribution >= 0.6 is 0 Å². The van der Waals surface area contributed by atoms with Crippen molar-refractivity contribution in [2.45, 2.75) is 51.1 Å². The van der Waals surface area contributed by atoms with Crippen molar-refractivity contribution in [2.24, 2.45) is 11.5 Å². The van der Waals surface area contributed by atoms with Crippen LogP contribution in [0.1, 0.15) is 61.8 Å². The molecule has 0 aliphatic heterocycles. The summed E-state index contributed by atoms with van der Waals surface area (Å²) in [5, 5.41) is 0.